The van der Waals surface area contributed by atoms with Gasteiger partial charge in [-0.15, -0.1) is 0 Å². The maximum atomic E-state index is 12.3. The van der Waals surface area contributed by atoms with E-state index in [0.29, 0.717) is 19.1 Å². The molecule has 4 heteroatoms. The van der Waals surface area contributed by atoms with Crippen molar-refractivity contribution in [3.8, 4) is 0 Å². The standard InChI is InChI=1S/C18H27NO3/c1-14-10-11-19(17(20)22-18(2,3)4)16(14)13-21-12-15-8-6-5-7-9-15/h5-9,14,16H,10-13H2,1-4H3. The molecule has 0 N–H and O–H groups in total. The van der Waals surface area contributed by atoms with E-state index >= 15 is 0 Å². The van der Waals surface area contributed by atoms with Gasteiger partial charge in [0.25, 0.3) is 0 Å². The van der Waals surface area contributed by atoms with Crippen LogP contribution in [0.5, 0.6) is 0 Å². The van der Waals surface area contributed by atoms with Crippen molar-refractivity contribution in [2.24, 2.45) is 5.92 Å². The van der Waals surface area contributed by atoms with Gasteiger partial charge in [0.2, 0.25) is 0 Å². The third-order valence-corrected chi connectivity index (χ3v) is 3.91. The first-order valence-electron chi connectivity index (χ1n) is 7.98. The molecular weight excluding hydrogens is 278 g/mol. The summed E-state index contributed by atoms with van der Waals surface area (Å²) in [5.74, 6) is 0.434. The van der Waals surface area contributed by atoms with Crippen LogP contribution in [0.4, 0.5) is 4.79 Å². The lowest BCUT2D eigenvalue weighted by Gasteiger charge is -2.29. The van der Waals surface area contributed by atoms with Crippen LogP contribution in [0, 0.1) is 5.92 Å². The molecule has 1 aromatic rings. The number of hydrogen-bond acceptors (Lipinski definition) is 3. The van der Waals surface area contributed by atoms with Crippen molar-refractivity contribution in [2.45, 2.75) is 52.4 Å². The number of nitrogens with zero attached hydrogens (tertiary/aromatic N) is 1. The highest BCUT2D eigenvalue weighted by molar-refractivity contribution is 5.69. The van der Waals surface area contributed by atoms with E-state index in [4.69, 9.17) is 9.47 Å². The quantitative estimate of drug-likeness (QED) is 0.848. The first-order valence-corrected chi connectivity index (χ1v) is 7.98. The second-order valence-corrected chi connectivity index (χ2v) is 7.01. The molecule has 0 aromatic heterocycles. The summed E-state index contributed by atoms with van der Waals surface area (Å²) < 4.78 is 11.3. The van der Waals surface area contributed by atoms with Crippen molar-refractivity contribution in [3.63, 3.8) is 0 Å². The van der Waals surface area contributed by atoms with Crippen LogP contribution in [0.3, 0.4) is 0 Å². The van der Waals surface area contributed by atoms with Crippen molar-refractivity contribution in [3.05, 3.63) is 35.9 Å². The van der Waals surface area contributed by atoms with E-state index in [-0.39, 0.29) is 12.1 Å². The molecule has 122 valence electrons. The van der Waals surface area contributed by atoms with E-state index in [0.717, 1.165) is 18.5 Å². The Morgan fingerprint density at radius 1 is 1.27 bits per heavy atom. The normalized spacial score (nSPS) is 21.9. The van der Waals surface area contributed by atoms with Crippen molar-refractivity contribution >= 4 is 6.09 Å². The van der Waals surface area contributed by atoms with Gasteiger partial charge in [-0.05, 0) is 38.7 Å². The fourth-order valence-electron chi connectivity index (χ4n) is 2.68. The van der Waals surface area contributed by atoms with Crippen molar-refractivity contribution in [2.75, 3.05) is 13.2 Å². The van der Waals surface area contributed by atoms with E-state index in [1.807, 2.05) is 56.0 Å². The highest BCUT2D eigenvalue weighted by Crippen LogP contribution is 2.26. The Hall–Kier alpha value is -1.55. The molecule has 1 amide bonds. The summed E-state index contributed by atoms with van der Waals surface area (Å²) in [6, 6.07) is 10.2. The zero-order valence-corrected chi connectivity index (χ0v) is 14.0. The third-order valence-electron chi connectivity index (χ3n) is 3.91. The molecule has 1 aliphatic heterocycles. The smallest absolute Gasteiger partial charge is 0.410 e. The van der Waals surface area contributed by atoms with Crippen LogP contribution >= 0.6 is 0 Å². The van der Waals surface area contributed by atoms with Crippen LogP contribution in [-0.4, -0.2) is 35.8 Å². The molecule has 1 heterocycles. The molecule has 0 radical (unpaired) electrons. The fraction of sp³-hybridized carbons (Fsp3) is 0.611. The van der Waals surface area contributed by atoms with Gasteiger partial charge in [-0.3, -0.25) is 0 Å². The molecule has 2 unspecified atom stereocenters. The van der Waals surface area contributed by atoms with Crippen LogP contribution in [0.2, 0.25) is 0 Å². The number of amides is 1. The van der Waals surface area contributed by atoms with Crippen LogP contribution in [0.25, 0.3) is 0 Å². The summed E-state index contributed by atoms with van der Waals surface area (Å²) >= 11 is 0. The van der Waals surface area contributed by atoms with Gasteiger partial charge < -0.3 is 14.4 Å². The maximum absolute atomic E-state index is 12.3. The van der Waals surface area contributed by atoms with Crippen LogP contribution in [-0.2, 0) is 16.1 Å². The minimum atomic E-state index is -0.460. The molecule has 0 aliphatic carbocycles. The van der Waals surface area contributed by atoms with E-state index < -0.39 is 5.60 Å². The predicted octanol–water partition coefficient (Wildman–Crippen LogP) is 3.85. The first kappa shape index (κ1) is 16.8. The highest BCUT2D eigenvalue weighted by atomic mass is 16.6. The van der Waals surface area contributed by atoms with Crippen molar-refractivity contribution in [1.29, 1.82) is 0 Å². The molecule has 0 bridgehead atoms. The summed E-state index contributed by atoms with van der Waals surface area (Å²) in [5.41, 5.74) is 0.690. The second-order valence-electron chi connectivity index (χ2n) is 7.01. The molecule has 1 fully saturated rings. The first-order chi connectivity index (χ1) is 10.4. The molecule has 1 saturated heterocycles. The van der Waals surface area contributed by atoms with E-state index in [2.05, 4.69) is 6.92 Å². The molecule has 1 aromatic carbocycles. The lowest BCUT2D eigenvalue weighted by Crippen LogP contribution is -2.43. The molecule has 2 rings (SSSR count). The van der Waals surface area contributed by atoms with E-state index in [1.165, 1.54) is 0 Å². The fourth-order valence-corrected chi connectivity index (χ4v) is 2.68. The Labute approximate surface area is 133 Å². The minimum absolute atomic E-state index is 0.0959. The average Bonchev–Trinajstić information content (AvgIpc) is 2.80. The van der Waals surface area contributed by atoms with Crippen LogP contribution in [0.1, 0.15) is 39.7 Å². The minimum Gasteiger partial charge on any atom is -0.444 e. The molecule has 2 atom stereocenters. The molecular formula is C18H27NO3. The summed E-state index contributed by atoms with van der Waals surface area (Å²) in [7, 11) is 0. The lowest BCUT2D eigenvalue weighted by molar-refractivity contribution is 0.00479. The van der Waals surface area contributed by atoms with Crippen molar-refractivity contribution < 1.29 is 14.3 Å². The van der Waals surface area contributed by atoms with Gasteiger partial charge in [0.1, 0.15) is 5.60 Å². The second kappa shape index (κ2) is 7.14. The van der Waals surface area contributed by atoms with Gasteiger partial charge in [-0.25, -0.2) is 4.79 Å². The number of likely N-dealkylation sites (tertiary alicyclic amines) is 1. The number of carbonyl (C=O) groups is 1. The van der Waals surface area contributed by atoms with Gasteiger partial charge in [0.15, 0.2) is 0 Å². The Morgan fingerprint density at radius 2 is 1.95 bits per heavy atom. The van der Waals surface area contributed by atoms with Crippen molar-refractivity contribution in [1.82, 2.24) is 4.90 Å². The average molecular weight is 305 g/mol. The summed E-state index contributed by atoms with van der Waals surface area (Å²) in [6.45, 7) is 9.72. The molecule has 0 spiro atoms. The molecule has 4 nitrogen and oxygen atoms in total. The molecule has 0 saturated carbocycles. The van der Waals surface area contributed by atoms with E-state index in [1.54, 1.807) is 0 Å². The summed E-state index contributed by atoms with van der Waals surface area (Å²) in [5, 5.41) is 0. The third kappa shape index (κ3) is 4.73. The Kier molecular flexibility index (Phi) is 5.46. The SMILES string of the molecule is CC1CCN(C(=O)OC(C)(C)C)C1COCc1ccccc1. The number of hydrogen-bond donors (Lipinski definition) is 0. The number of rotatable bonds is 4. The van der Waals surface area contributed by atoms with Crippen LogP contribution < -0.4 is 0 Å². The predicted molar refractivity (Wildman–Crippen MR) is 86.6 cm³/mol. The van der Waals surface area contributed by atoms with Gasteiger partial charge in [-0.2, -0.15) is 0 Å². The highest BCUT2D eigenvalue weighted by Gasteiger charge is 2.36. The Bertz CT molecular complexity index is 481. The van der Waals surface area contributed by atoms with Gasteiger partial charge >= 0.3 is 6.09 Å². The zero-order chi connectivity index (χ0) is 16.2. The maximum Gasteiger partial charge on any atom is 0.410 e. The molecule has 22 heavy (non-hydrogen) atoms. The molecule has 1 aliphatic rings. The summed E-state index contributed by atoms with van der Waals surface area (Å²) in [4.78, 5) is 14.1. The van der Waals surface area contributed by atoms with E-state index in [9.17, 15) is 4.79 Å². The van der Waals surface area contributed by atoms with Crippen LogP contribution in [0.15, 0.2) is 30.3 Å². The lowest BCUT2D eigenvalue weighted by atomic mass is 10.0. The Balaban J connectivity index is 1.88. The van der Waals surface area contributed by atoms with Gasteiger partial charge in [0, 0.05) is 6.54 Å². The monoisotopic (exact) mass is 305 g/mol. The van der Waals surface area contributed by atoms with Gasteiger partial charge in [0.05, 0.1) is 19.3 Å². The number of benzene rings is 1. The number of carbonyl (C=O) groups excluding carboxylic acids is 1. The largest absolute Gasteiger partial charge is 0.444 e. The number of ether oxygens (including phenoxy) is 2. The topological polar surface area (TPSA) is 38.8 Å². The van der Waals surface area contributed by atoms with Gasteiger partial charge in [-0.1, -0.05) is 37.3 Å². The zero-order valence-electron chi connectivity index (χ0n) is 14.0. The summed E-state index contributed by atoms with van der Waals surface area (Å²) in [6.07, 6.45) is 0.767. The Morgan fingerprint density at radius 3 is 2.59 bits per heavy atom.